The summed E-state index contributed by atoms with van der Waals surface area (Å²) in [4.78, 5) is 12.7. The largest absolute Gasteiger partial charge is 0.289 e. The van der Waals surface area contributed by atoms with Crippen LogP contribution < -0.4 is 0 Å². The van der Waals surface area contributed by atoms with E-state index in [1.165, 1.54) is 6.07 Å². The van der Waals surface area contributed by atoms with Crippen LogP contribution in [0.3, 0.4) is 0 Å². The summed E-state index contributed by atoms with van der Waals surface area (Å²) < 4.78 is 14.7. The standard InChI is InChI=1S/C17H10FIO/c18-15-10-9-13(11-5-1-2-6-12(11)15)17(20)14-7-3-4-8-16(14)19/h1-10H. The number of carbonyl (C=O) groups excluding carboxylic acids is 1. The molecule has 0 aliphatic rings. The Kier molecular flexibility index (Phi) is 3.53. The van der Waals surface area contributed by atoms with Gasteiger partial charge < -0.3 is 0 Å². The molecule has 0 fully saturated rings. The van der Waals surface area contributed by atoms with Gasteiger partial charge in [0, 0.05) is 20.1 Å². The van der Waals surface area contributed by atoms with Gasteiger partial charge in [0.2, 0.25) is 0 Å². The monoisotopic (exact) mass is 376 g/mol. The third kappa shape index (κ3) is 2.22. The highest BCUT2D eigenvalue weighted by Gasteiger charge is 2.16. The fraction of sp³-hybridized carbons (Fsp3) is 0. The zero-order valence-corrected chi connectivity index (χ0v) is 12.6. The van der Waals surface area contributed by atoms with Crippen molar-refractivity contribution in [2.75, 3.05) is 0 Å². The smallest absolute Gasteiger partial charge is 0.194 e. The van der Waals surface area contributed by atoms with Crippen LogP contribution in [-0.2, 0) is 0 Å². The molecule has 0 spiro atoms. The first-order valence-electron chi connectivity index (χ1n) is 6.15. The van der Waals surface area contributed by atoms with Crippen LogP contribution in [0.15, 0.2) is 60.7 Å². The zero-order valence-electron chi connectivity index (χ0n) is 10.4. The number of hydrogen-bond donors (Lipinski definition) is 0. The van der Waals surface area contributed by atoms with Gasteiger partial charge in [-0.05, 0) is 52.2 Å². The molecular weight excluding hydrogens is 366 g/mol. The van der Waals surface area contributed by atoms with Crippen molar-refractivity contribution in [3.63, 3.8) is 0 Å². The molecule has 0 bridgehead atoms. The first-order chi connectivity index (χ1) is 9.68. The van der Waals surface area contributed by atoms with Crippen molar-refractivity contribution in [2.45, 2.75) is 0 Å². The SMILES string of the molecule is O=C(c1ccccc1I)c1ccc(F)c2ccccc12. The molecule has 0 aliphatic heterocycles. The molecule has 1 nitrogen and oxygen atoms in total. The summed E-state index contributed by atoms with van der Waals surface area (Å²) in [6, 6.07) is 17.4. The highest BCUT2D eigenvalue weighted by atomic mass is 127. The molecule has 0 aliphatic carbocycles. The van der Waals surface area contributed by atoms with Crippen molar-refractivity contribution in [2.24, 2.45) is 0 Å². The number of carbonyl (C=O) groups is 1. The van der Waals surface area contributed by atoms with E-state index in [9.17, 15) is 9.18 Å². The van der Waals surface area contributed by atoms with Crippen molar-refractivity contribution in [1.29, 1.82) is 0 Å². The number of ketones is 1. The van der Waals surface area contributed by atoms with E-state index < -0.39 is 0 Å². The first-order valence-corrected chi connectivity index (χ1v) is 7.23. The van der Waals surface area contributed by atoms with Crippen LogP contribution >= 0.6 is 22.6 Å². The topological polar surface area (TPSA) is 17.1 Å². The normalized spacial score (nSPS) is 10.7. The summed E-state index contributed by atoms with van der Waals surface area (Å²) in [6.07, 6.45) is 0. The third-order valence-electron chi connectivity index (χ3n) is 3.23. The number of rotatable bonds is 2. The minimum atomic E-state index is -0.306. The maximum atomic E-state index is 13.8. The van der Waals surface area contributed by atoms with Crippen LogP contribution in [0.1, 0.15) is 15.9 Å². The molecule has 3 heteroatoms. The van der Waals surface area contributed by atoms with Gasteiger partial charge in [-0.25, -0.2) is 4.39 Å². The molecule has 0 N–H and O–H groups in total. The maximum Gasteiger partial charge on any atom is 0.194 e. The number of benzene rings is 3. The van der Waals surface area contributed by atoms with E-state index in [1.807, 2.05) is 24.3 Å². The summed E-state index contributed by atoms with van der Waals surface area (Å²) in [6.45, 7) is 0. The van der Waals surface area contributed by atoms with Gasteiger partial charge in [-0.15, -0.1) is 0 Å². The molecule has 0 atom stereocenters. The third-order valence-corrected chi connectivity index (χ3v) is 4.17. The number of halogens is 2. The summed E-state index contributed by atoms with van der Waals surface area (Å²) in [7, 11) is 0. The summed E-state index contributed by atoms with van der Waals surface area (Å²) in [5.41, 5.74) is 1.18. The molecule has 0 amide bonds. The van der Waals surface area contributed by atoms with Gasteiger partial charge in [0.1, 0.15) is 5.82 Å². The molecule has 20 heavy (non-hydrogen) atoms. The van der Waals surface area contributed by atoms with E-state index in [2.05, 4.69) is 22.6 Å². The highest BCUT2D eigenvalue weighted by Crippen LogP contribution is 2.25. The molecule has 0 unspecified atom stereocenters. The summed E-state index contributed by atoms with van der Waals surface area (Å²) >= 11 is 2.14. The lowest BCUT2D eigenvalue weighted by Gasteiger charge is -2.08. The molecule has 98 valence electrons. The van der Waals surface area contributed by atoms with Crippen LogP contribution in [0.5, 0.6) is 0 Å². The predicted octanol–water partition coefficient (Wildman–Crippen LogP) is 4.81. The van der Waals surface area contributed by atoms with Crippen molar-refractivity contribution in [3.8, 4) is 0 Å². The van der Waals surface area contributed by atoms with Gasteiger partial charge in [0.05, 0.1) is 0 Å². The molecule has 0 radical (unpaired) electrons. The Balaban J connectivity index is 2.23. The lowest BCUT2D eigenvalue weighted by atomic mass is 9.97. The first kappa shape index (κ1) is 13.2. The average molecular weight is 376 g/mol. The molecule has 0 saturated heterocycles. The number of fused-ring (bicyclic) bond motifs is 1. The highest BCUT2D eigenvalue weighted by molar-refractivity contribution is 14.1. The quantitative estimate of drug-likeness (QED) is 0.463. The van der Waals surface area contributed by atoms with E-state index in [0.717, 1.165) is 3.57 Å². The van der Waals surface area contributed by atoms with Crippen LogP contribution in [0, 0.1) is 9.39 Å². The summed E-state index contributed by atoms with van der Waals surface area (Å²) in [5, 5.41) is 1.13. The zero-order chi connectivity index (χ0) is 14.1. The van der Waals surface area contributed by atoms with Crippen molar-refractivity contribution < 1.29 is 9.18 Å². The van der Waals surface area contributed by atoms with Gasteiger partial charge in [0.25, 0.3) is 0 Å². The van der Waals surface area contributed by atoms with Crippen LogP contribution in [0.2, 0.25) is 0 Å². The molecule has 0 saturated carbocycles. The Labute approximate surface area is 129 Å². The predicted molar refractivity (Wildman–Crippen MR) is 86.5 cm³/mol. The fourth-order valence-corrected chi connectivity index (χ4v) is 2.88. The van der Waals surface area contributed by atoms with Gasteiger partial charge in [0.15, 0.2) is 5.78 Å². The van der Waals surface area contributed by atoms with Crippen LogP contribution in [0.4, 0.5) is 4.39 Å². The van der Waals surface area contributed by atoms with E-state index in [-0.39, 0.29) is 11.6 Å². The maximum absolute atomic E-state index is 13.8. The van der Waals surface area contributed by atoms with Crippen molar-refractivity contribution in [3.05, 3.63) is 81.2 Å². The molecule has 0 heterocycles. The lowest BCUT2D eigenvalue weighted by Crippen LogP contribution is -2.04. The molecule has 3 aromatic rings. The molecule has 3 rings (SSSR count). The molecule has 0 aromatic heterocycles. The fourth-order valence-electron chi connectivity index (χ4n) is 2.25. The lowest BCUT2D eigenvalue weighted by molar-refractivity contribution is 0.103. The second-order valence-electron chi connectivity index (χ2n) is 4.45. The van der Waals surface area contributed by atoms with Crippen molar-refractivity contribution >= 4 is 39.1 Å². The van der Waals surface area contributed by atoms with Crippen LogP contribution in [-0.4, -0.2) is 5.78 Å². The minimum Gasteiger partial charge on any atom is -0.289 e. The Hall–Kier alpha value is -1.75. The van der Waals surface area contributed by atoms with E-state index >= 15 is 0 Å². The van der Waals surface area contributed by atoms with Gasteiger partial charge in [-0.2, -0.15) is 0 Å². The second kappa shape index (κ2) is 5.32. The Morgan fingerprint density at radius 2 is 1.45 bits per heavy atom. The Morgan fingerprint density at radius 3 is 2.20 bits per heavy atom. The van der Waals surface area contributed by atoms with E-state index in [0.29, 0.717) is 21.9 Å². The molecular formula is C17H10FIO. The van der Waals surface area contributed by atoms with E-state index in [1.54, 1.807) is 30.3 Å². The van der Waals surface area contributed by atoms with Gasteiger partial charge in [-0.3, -0.25) is 4.79 Å². The van der Waals surface area contributed by atoms with Crippen molar-refractivity contribution in [1.82, 2.24) is 0 Å². The van der Waals surface area contributed by atoms with Crippen LogP contribution in [0.25, 0.3) is 10.8 Å². The van der Waals surface area contributed by atoms with Gasteiger partial charge >= 0.3 is 0 Å². The minimum absolute atomic E-state index is 0.0776. The average Bonchev–Trinajstić information content (AvgIpc) is 2.48. The Morgan fingerprint density at radius 1 is 0.800 bits per heavy atom. The molecule has 3 aromatic carbocycles. The summed E-state index contributed by atoms with van der Waals surface area (Å²) in [5.74, 6) is -0.383. The van der Waals surface area contributed by atoms with E-state index in [4.69, 9.17) is 0 Å². The number of hydrogen-bond acceptors (Lipinski definition) is 1. The van der Waals surface area contributed by atoms with Gasteiger partial charge in [-0.1, -0.05) is 36.4 Å². The Bertz CT molecular complexity index is 811. The second-order valence-corrected chi connectivity index (χ2v) is 5.61.